The van der Waals surface area contributed by atoms with Gasteiger partial charge in [-0.1, -0.05) is 13.3 Å². The molecule has 1 aromatic carbocycles. The average Bonchev–Trinajstić information content (AvgIpc) is 2.48. The zero-order valence-electron chi connectivity index (χ0n) is 12.0. The zero-order chi connectivity index (χ0) is 13.9. The van der Waals surface area contributed by atoms with Crippen molar-refractivity contribution in [2.24, 2.45) is 5.92 Å². The van der Waals surface area contributed by atoms with Crippen LogP contribution >= 0.6 is 0 Å². The average molecular weight is 272 g/mol. The van der Waals surface area contributed by atoms with Crippen LogP contribution in [-0.2, 0) is 0 Å². The van der Waals surface area contributed by atoms with E-state index in [4.69, 9.17) is 4.74 Å². The van der Waals surface area contributed by atoms with E-state index in [0.29, 0.717) is 6.10 Å². The van der Waals surface area contributed by atoms with Gasteiger partial charge in [-0.15, -0.1) is 0 Å². The second kappa shape index (κ2) is 5.70. The summed E-state index contributed by atoms with van der Waals surface area (Å²) in [4.78, 5) is 0. The molecule has 1 fully saturated rings. The van der Waals surface area contributed by atoms with E-state index in [-0.39, 0.29) is 0 Å². The molecule has 1 heterocycles. The summed E-state index contributed by atoms with van der Waals surface area (Å²) < 4.78 is 7.25. The van der Waals surface area contributed by atoms with Crippen LogP contribution in [0.3, 0.4) is 0 Å². The predicted octanol–water partition coefficient (Wildman–Crippen LogP) is 3.71. The van der Waals surface area contributed by atoms with Crippen molar-refractivity contribution < 1.29 is 14.7 Å². The standard InChI is InChI=1S/C17H22NO2/c1-2-13-5-7-15(8-6-13)20-16-9-10-17-14(12-16)4-3-11-18(17)19/h3-4,9-13,15,19H,2,5-8H2,1H3/q+1/t13-,15+. The molecule has 1 aliphatic rings. The Hall–Kier alpha value is -1.77. The van der Waals surface area contributed by atoms with Crippen molar-refractivity contribution >= 4 is 10.9 Å². The summed E-state index contributed by atoms with van der Waals surface area (Å²) in [6.07, 6.45) is 8.15. The molecular weight excluding hydrogens is 250 g/mol. The fourth-order valence-corrected chi connectivity index (χ4v) is 3.11. The van der Waals surface area contributed by atoms with Gasteiger partial charge in [0, 0.05) is 16.9 Å². The minimum atomic E-state index is 0.347. The molecule has 3 rings (SSSR count). The summed E-state index contributed by atoms with van der Waals surface area (Å²) in [5.74, 6) is 1.79. The molecule has 2 aromatic rings. The van der Waals surface area contributed by atoms with Crippen molar-refractivity contribution in [2.75, 3.05) is 0 Å². The zero-order valence-corrected chi connectivity index (χ0v) is 12.0. The lowest BCUT2D eigenvalue weighted by Crippen LogP contribution is -2.29. The first-order valence-corrected chi connectivity index (χ1v) is 7.56. The Morgan fingerprint density at radius 1 is 1.20 bits per heavy atom. The van der Waals surface area contributed by atoms with E-state index in [1.807, 2.05) is 30.3 Å². The maximum atomic E-state index is 9.72. The van der Waals surface area contributed by atoms with Crippen LogP contribution in [0.15, 0.2) is 36.5 Å². The Kier molecular flexibility index (Phi) is 3.77. The van der Waals surface area contributed by atoms with E-state index >= 15 is 0 Å². The molecule has 3 heteroatoms. The fourth-order valence-electron chi connectivity index (χ4n) is 3.11. The highest BCUT2D eigenvalue weighted by Gasteiger charge is 2.21. The molecule has 20 heavy (non-hydrogen) atoms. The Morgan fingerprint density at radius 3 is 2.75 bits per heavy atom. The van der Waals surface area contributed by atoms with Crippen LogP contribution < -0.4 is 9.47 Å². The van der Waals surface area contributed by atoms with Gasteiger partial charge in [-0.3, -0.25) is 5.21 Å². The second-order valence-corrected chi connectivity index (χ2v) is 5.74. The van der Waals surface area contributed by atoms with Crippen molar-refractivity contribution in [3.8, 4) is 5.75 Å². The highest BCUT2D eigenvalue weighted by atomic mass is 16.5. The number of fused-ring (bicyclic) bond motifs is 1. The summed E-state index contributed by atoms with van der Waals surface area (Å²) in [7, 11) is 0. The van der Waals surface area contributed by atoms with Crippen molar-refractivity contribution in [2.45, 2.75) is 45.1 Å². The summed E-state index contributed by atoms with van der Waals surface area (Å²) in [6.45, 7) is 2.28. The number of hydrogen-bond acceptors (Lipinski definition) is 2. The third kappa shape index (κ3) is 2.72. The molecule has 0 spiro atoms. The normalized spacial score (nSPS) is 22.9. The quantitative estimate of drug-likeness (QED) is 0.682. The maximum Gasteiger partial charge on any atom is 0.264 e. The lowest BCUT2D eigenvalue weighted by molar-refractivity contribution is -0.884. The van der Waals surface area contributed by atoms with Gasteiger partial charge in [0.15, 0.2) is 0 Å². The minimum absolute atomic E-state index is 0.347. The molecule has 106 valence electrons. The number of pyridine rings is 1. The largest absolute Gasteiger partial charge is 0.490 e. The van der Waals surface area contributed by atoms with E-state index in [0.717, 1.165) is 40.1 Å². The lowest BCUT2D eigenvalue weighted by atomic mass is 9.86. The molecule has 0 bridgehead atoms. The van der Waals surface area contributed by atoms with Crippen LogP contribution in [-0.4, -0.2) is 11.3 Å². The third-order valence-electron chi connectivity index (χ3n) is 4.42. The van der Waals surface area contributed by atoms with Crippen LogP contribution in [0.5, 0.6) is 5.75 Å². The fraction of sp³-hybridized carbons (Fsp3) is 0.471. The van der Waals surface area contributed by atoms with Gasteiger partial charge in [-0.25, -0.2) is 0 Å². The van der Waals surface area contributed by atoms with E-state index in [1.54, 1.807) is 6.20 Å². The Labute approximate surface area is 119 Å². The molecule has 0 radical (unpaired) electrons. The number of ether oxygens (including phenoxy) is 1. The Bertz CT molecular complexity index is 589. The van der Waals surface area contributed by atoms with Gasteiger partial charge in [0.2, 0.25) is 6.20 Å². The van der Waals surface area contributed by atoms with Gasteiger partial charge >= 0.3 is 0 Å². The van der Waals surface area contributed by atoms with Crippen LogP contribution in [0.2, 0.25) is 0 Å². The molecule has 0 aliphatic heterocycles. The Morgan fingerprint density at radius 2 is 2.00 bits per heavy atom. The number of rotatable bonds is 3. The second-order valence-electron chi connectivity index (χ2n) is 5.74. The number of aromatic nitrogens is 1. The van der Waals surface area contributed by atoms with Gasteiger partial charge in [0.25, 0.3) is 5.52 Å². The summed E-state index contributed by atoms with van der Waals surface area (Å²) in [6, 6.07) is 9.68. The van der Waals surface area contributed by atoms with E-state index in [1.165, 1.54) is 19.3 Å². The summed E-state index contributed by atoms with van der Waals surface area (Å²) in [5, 5.41) is 10.7. The monoisotopic (exact) mass is 272 g/mol. The molecule has 1 aromatic heterocycles. The molecule has 0 amide bonds. The molecule has 0 saturated heterocycles. The molecule has 0 atom stereocenters. The van der Waals surface area contributed by atoms with Gasteiger partial charge in [-0.05, 0) is 49.8 Å². The third-order valence-corrected chi connectivity index (χ3v) is 4.42. The van der Waals surface area contributed by atoms with Crippen LogP contribution in [0.25, 0.3) is 10.9 Å². The van der Waals surface area contributed by atoms with Crippen molar-refractivity contribution in [3.05, 3.63) is 36.5 Å². The van der Waals surface area contributed by atoms with Crippen LogP contribution in [0.1, 0.15) is 39.0 Å². The van der Waals surface area contributed by atoms with E-state index in [9.17, 15) is 5.21 Å². The highest BCUT2D eigenvalue weighted by Crippen LogP contribution is 2.30. The van der Waals surface area contributed by atoms with E-state index in [2.05, 4.69) is 6.92 Å². The minimum Gasteiger partial charge on any atom is -0.490 e. The topological polar surface area (TPSA) is 33.3 Å². The Balaban J connectivity index is 1.72. The number of nitrogens with zero attached hydrogens (tertiary/aromatic N) is 1. The highest BCUT2D eigenvalue weighted by molar-refractivity contribution is 5.76. The van der Waals surface area contributed by atoms with Gasteiger partial charge in [0.05, 0.1) is 11.5 Å². The number of hydrogen-bond donors (Lipinski definition) is 1. The van der Waals surface area contributed by atoms with Crippen molar-refractivity contribution in [3.63, 3.8) is 0 Å². The number of benzene rings is 1. The molecule has 1 aliphatic carbocycles. The first-order valence-electron chi connectivity index (χ1n) is 7.56. The van der Waals surface area contributed by atoms with Crippen molar-refractivity contribution in [1.29, 1.82) is 0 Å². The summed E-state index contributed by atoms with van der Waals surface area (Å²) >= 11 is 0. The van der Waals surface area contributed by atoms with E-state index < -0.39 is 0 Å². The summed E-state index contributed by atoms with van der Waals surface area (Å²) in [5.41, 5.74) is 0.801. The van der Waals surface area contributed by atoms with Gasteiger partial charge in [-0.2, -0.15) is 0 Å². The molecule has 1 N–H and O–H groups in total. The molecular formula is C17H22NO2+. The smallest absolute Gasteiger partial charge is 0.264 e. The van der Waals surface area contributed by atoms with Gasteiger partial charge < -0.3 is 4.74 Å². The maximum absolute atomic E-state index is 9.72. The van der Waals surface area contributed by atoms with Crippen molar-refractivity contribution in [1.82, 2.24) is 0 Å². The van der Waals surface area contributed by atoms with Gasteiger partial charge in [0.1, 0.15) is 5.75 Å². The first kappa shape index (κ1) is 13.2. The predicted molar refractivity (Wildman–Crippen MR) is 78.0 cm³/mol. The molecule has 3 nitrogen and oxygen atoms in total. The first-order chi connectivity index (χ1) is 9.76. The van der Waals surface area contributed by atoms with Crippen LogP contribution in [0.4, 0.5) is 0 Å². The van der Waals surface area contributed by atoms with Crippen LogP contribution in [0, 0.1) is 5.92 Å². The molecule has 0 unspecified atom stereocenters. The molecule has 1 saturated carbocycles. The lowest BCUT2D eigenvalue weighted by Gasteiger charge is -2.28. The SMILES string of the molecule is CC[C@H]1CC[C@@H](Oc2ccc3c(ccc[n+]3O)c2)CC1.